The van der Waals surface area contributed by atoms with Crippen LogP contribution >= 0.6 is 0 Å². The molecule has 2 unspecified atom stereocenters. The second-order valence-electron chi connectivity index (χ2n) is 8.19. The molecule has 0 aromatic heterocycles. The Balaban J connectivity index is 1.33. The van der Waals surface area contributed by atoms with Crippen molar-refractivity contribution in [1.29, 1.82) is 0 Å². The maximum absolute atomic E-state index is 12.7. The first-order valence-electron chi connectivity index (χ1n) is 10.8. The minimum absolute atomic E-state index is 0.0531. The molecule has 3 atom stereocenters. The first kappa shape index (κ1) is 21.5. The van der Waals surface area contributed by atoms with E-state index in [1.165, 1.54) is 11.1 Å². The highest BCUT2D eigenvalue weighted by Gasteiger charge is 2.29. The number of aliphatic hydroxyl groups excluding tert-OH is 1. The number of hydrogen-bond acceptors (Lipinski definition) is 5. The number of nitrogens with zero attached hydrogens (tertiary/aromatic N) is 1. The van der Waals surface area contributed by atoms with E-state index in [4.69, 9.17) is 4.74 Å². The summed E-state index contributed by atoms with van der Waals surface area (Å²) in [5, 5.41) is 17.0. The monoisotopic (exact) mass is 423 g/mol. The molecule has 164 valence electrons. The van der Waals surface area contributed by atoms with Gasteiger partial charge in [0.05, 0.1) is 25.4 Å². The van der Waals surface area contributed by atoms with Gasteiger partial charge in [0.15, 0.2) is 0 Å². The van der Waals surface area contributed by atoms with Crippen molar-refractivity contribution < 1.29 is 19.4 Å². The third-order valence-corrected chi connectivity index (χ3v) is 6.09. The van der Waals surface area contributed by atoms with E-state index in [2.05, 4.69) is 22.8 Å². The first-order valence-corrected chi connectivity index (χ1v) is 10.8. The van der Waals surface area contributed by atoms with Crippen LogP contribution in [-0.2, 0) is 17.7 Å². The molecule has 31 heavy (non-hydrogen) atoms. The molecule has 2 aliphatic rings. The highest BCUT2D eigenvalue weighted by molar-refractivity contribution is 5.98. The number of hydrogen-bond donors (Lipinski definition) is 3. The zero-order chi connectivity index (χ0) is 21.8. The Morgan fingerprint density at radius 3 is 2.42 bits per heavy atom. The van der Waals surface area contributed by atoms with Gasteiger partial charge < -0.3 is 25.4 Å². The summed E-state index contributed by atoms with van der Waals surface area (Å²) in [7, 11) is 0. The number of carbonyl (C=O) groups is 2. The van der Waals surface area contributed by atoms with E-state index in [0.29, 0.717) is 44.0 Å². The molecule has 2 heterocycles. The standard InChI is InChI=1S/C24H29N3O4/c1-16(22(28)21-14-19-4-2-3-5-20(19)15-25-21)26-23(29)17-6-8-18(9-7-17)24(30)27-10-12-31-13-11-27/h2-9,16,21-22,25,28H,10-15H2,1H3,(H,26,29)/t16?,21?,22-/m0/s1. The zero-order valence-electron chi connectivity index (χ0n) is 17.7. The number of morpholine rings is 1. The third-order valence-electron chi connectivity index (χ3n) is 6.09. The number of ether oxygens (including phenoxy) is 1. The smallest absolute Gasteiger partial charge is 0.254 e. The lowest BCUT2D eigenvalue weighted by Crippen LogP contribution is -2.53. The van der Waals surface area contributed by atoms with E-state index in [1.54, 1.807) is 36.1 Å². The normalized spacial score (nSPS) is 20.5. The predicted octanol–water partition coefficient (Wildman–Crippen LogP) is 1.35. The van der Waals surface area contributed by atoms with Gasteiger partial charge in [0.2, 0.25) is 0 Å². The summed E-state index contributed by atoms with van der Waals surface area (Å²) in [5.74, 6) is -0.323. The molecule has 0 saturated carbocycles. The summed E-state index contributed by atoms with van der Waals surface area (Å²) in [6.07, 6.45) is -0.00455. The highest BCUT2D eigenvalue weighted by atomic mass is 16.5. The van der Waals surface area contributed by atoms with Gasteiger partial charge in [0.1, 0.15) is 0 Å². The number of nitrogens with one attached hydrogen (secondary N) is 2. The van der Waals surface area contributed by atoms with Crippen molar-refractivity contribution in [3.05, 3.63) is 70.8 Å². The van der Waals surface area contributed by atoms with Gasteiger partial charge in [-0.1, -0.05) is 24.3 Å². The largest absolute Gasteiger partial charge is 0.389 e. The van der Waals surface area contributed by atoms with Crippen LogP contribution in [0.4, 0.5) is 0 Å². The molecule has 1 saturated heterocycles. The van der Waals surface area contributed by atoms with Crippen LogP contribution in [0.3, 0.4) is 0 Å². The fourth-order valence-electron chi connectivity index (χ4n) is 4.16. The molecule has 4 rings (SSSR count). The van der Waals surface area contributed by atoms with Gasteiger partial charge in [-0.05, 0) is 48.7 Å². The van der Waals surface area contributed by atoms with Gasteiger partial charge in [-0.2, -0.15) is 0 Å². The van der Waals surface area contributed by atoms with Crippen molar-refractivity contribution in [1.82, 2.24) is 15.5 Å². The lowest BCUT2D eigenvalue weighted by atomic mass is 9.90. The fraction of sp³-hybridized carbons (Fsp3) is 0.417. The Bertz CT molecular complexity index is 925. The van der Waals surface area contributed by atoms with Crippen LogP contribution < -0.4 is 10.6 Å². The number of rotatable bonds is 5. The summed E-state index contributed by atoms with van der Waals surface area (Å²) in [6, 6.07) is 14.3. The van der Waals surface area contributed by atoms with E-state index < -0.39 is 12.1 Å². The molecule has 0 radical (unpaired) electrons. The predicted molar refractivity (Wildman–Crippen MR) is 117 cm³/mol. The van der Waals surface area contributed by atoms with Crippen LogP contribution in [0.1, 0.15) is 38.8 Å². The van der Waals surface area contributed by atoms with Crippen molar-refractivity contribution in [3.63, 3.8) is 0 Å². The van der Waals surface area contributed by atoms with Crippen LogP contribution in [0.5, 0.6) is 0 Å². The number of aliphatic hydroxyl groups is 1. The van der Waals surface area contributed by atoms with Crippen LogP contribution in [0.25, 0.3) is 0 Å². The maximum Gasteiger partial charge on any atom is 0.254 e. The van der Waals surface area contributed by atoms with Crippen molar-refractivity contribution >= 4 is 11.8 Å². The first-order chi connectivity index (χ1) is 15.0. The molecular weight excluding hydrogens is 394 g/mol. The average molecular weight is 424 g/mol. The van der Waals surface area contributed by atoms with Gasteiger partial charge in [0, 0.05) is 36.8 Å². The van der Waals surface area contributed by atoms with Crippen LogP contribution in [0.2, 0.25) is 0 Å². The molecule has 2 aromatic carbocycles. The number of fused-ring (bicyclic) bond motifs is 1. The lowest BCUT2D eigenvalue weighted by molar-refractivity contribution is 0.0303. The van der Waals surface area contributed by atoms with Gasteiger partial charge in [0.25, 0.3) is 11.8 Å². The number of benzene rings is 2. The van der Waals surface area contributed by atoms with Crippen molar-refractivity contribution in [2.24, 2.45) is 0 Å². The number of carbonyl (C=O) groups excluding carboxylic acids is 2. The Hall–Kier alpha value is -2.74. The van der Waals surface area contributed by atoms with E-state index in [0.717, 1.165) is 6.42 Å². The van der Waals surface area contributed by atoms with E-state index in [-0.39, 0.29) is 17.9 Å². The maximum atomic E-state index is 12.7. The topological polar surface area (TPSA) is 90.9 Å². The van der Waals surface area contributed by atoms with Crippen LogP contribution in [-0.4, -0.2) is 66.3 Å². The average Bonchev–Trinajstić information content (AvgIpc) is 2.83. The molecule has 2 aromatic rings. The summed E-state index contributed by atoms with van der Waals surface area (Å²) >= 11 is 0. The van der Waals surface area contributed by atoms with Crippen LogP contribution in [0.15, 0.2) is 48.5 Å². The highest BCUT2D eigenvalue weighted by Crippen LogP contribution is 2.19. The zero-order valence-corrected chi connectivity index (χ0v) is 17.7. The second kappa shape index (κ2) is 9.60. The van der Waals surface area contributed by atoms with Crippen molar-refractivity contribution in [2.45, 2.75) is 38.1 Å². The molecule has 7 heteroatoms. The quantitative estimate of drug-likeness (QED) is 0.676. The Kier molecular flexibility index (Phi) is 6.65. The van der Waals surface area contributed by atoms with Crippen molar-refractivity contribution in [2.75, 3.05) is 26.3 Å². The molecule has 7 nitrogen and oxygen atoms in total. The van der Waals surface area contributed by atoms with E-state index in [1.807, 2.05) is 12.1 Å². The second-order valence-corrected chi connectivity index (χ2v) is 8.19. The summed E-state index contributed by atoms with van der Waals surface area (Å²) in [4.78, 5) is 27.0. The Morgan fingerprint density at radius 2 is 1.71 bits per heavy atom. The molecule has 3 N–H and O–H groups in total. The fourth-order valence-corrected chi connectivity index (χ4v) is 4.16. The summed E-state index contributed by atoms with van der Waals surface area (Å²) < 4.78 is 5.28. The number of amides is 2. The van der Waals surface area contributed by atoms with Gasteiger partial charge >= 0.3 is 0 Å². The molecular formula is C24H29N3O4. The third kappa shape index (κ3) is 4.95. The van der Waals surface area contributed by atoms with Crippen LogP contribution in [0, 0.1) is 0 Å². The molecule has 2 aliphatic heterocycles. The Labute approximate surface area is 182 Å². The van der Waals surface area contributed by atoms with Gasteiger partial charge in [-0.3, -0.25) is 9.59 Å². The molecule has 2 amide bonds. The minimum atomic E-state index is -0.723. The van der Waals surface area contributed by atoms with E-state index >= 15 is 0 Å². The SMILES string of the molecule is CC(NC(=O)c1ccc(C(=O)N2CCOCC2)cc1)[C@H](O)C1Cc2ccccc2CN1. The lowest BCUT2D eigenvalue weighted by Gasteiger charge is -2.33. The molecule has 0 spiro atoms. The van der Waals surface area contributed by atoms with E-state index in [9.17, 15) is 14.7 Å². The Morgan fingerprint density at radius 1 is 1.06 bits per heavy atom. The minimum Gasteiger partial charge on any atom is -0.389 e. The summed E-state index contributed by atoms with van der Waals surface area (Å²) in [5.41, 5.74) is 3.48. The molecule has 0 bridgehead atoms. The molecule has 1 fully saturated rings. The van der Waals surface area contributed by atoms with Gasteiger partial charge in [-0.15, -0.1) is 0 Å². The summed E-state index contributed by atoms with van der Waals surface area (Å²) in [6.45, 7) is 4.77. The van der Waals surface area contributed by atoms with Crippen molar-refractivity contribution in [3.8, 4) is 0 Å². The molecule has 0 aliphatic carbocycles. The van der Waals surface area contributed by atoms with Gasteiger partial charge in [-0.25, -0.2) is 0 Å².